The summed E-state index contributed by atoms with van der Waals surface area (Å²) in [6, 6.07) is 21.4. The van der Waals surface area contributed by atoms with Gasteiger partial charge in [0.05, 0.1) is 5.52 Å². The van der Waals surface area contributed by atoms with Gasteiger partial charge in [0.25, 0.3) is 5.56 Å². The molecule has 0 aliphatic rings. The Bertz CT molecular complexity index is 814. The minimum Gasteiger partial charge on any atom is -0.360 e. The van der Waals surface area contributed by atoms with Crippen LogP contribution in [0.4, 0.5) is 0 Å². The quantitative estimate of drug-likeness (QED) is 0.669. The number of fused-ring (bicyclic) bond motifs is 1. The summed E-state index contributed by atoms with van der Waals surface area (Å²) >= 11 is 1.68. The van der Waals surface area contributed by atoms with E-state index in [0.717, 1.165) is 15.8 Å². The Kier molecular flexibility index (Phi) is 4.61. The summed E-state index contributed by atoms with van der Waals surface area (Å²) in [5, 5.41) is 1.04. The highest BCUT2D eigenvalue weighted by Gasteiger charge is 2.14. The van der Waals surface area contributed by atoms with E-state index >= 15 is 0 Å². The van der Waals surface area contributed by atoms with Crippen LogP contribution in [0.25, 0.3) is 10.9 Å². The molecule has 1 heterocycles. The van der Waals surface area contributed by atoms with Gasteiger partial charge in [-0.3, -0.25) is 9.36 Å². The first kappa shape index (κ1) is 14.9. The Morgan fingerprint density at radius 3 is 2.50 bits per heavy atom. The molecule has 22 heavy (non-hydrogen) atoms. The van der Waals surface area contributed by atoms with Gasteiger partial charge in [0.2, 0.25) is 0 Å². The van der Waals surface area contributed by atoms with Crippen LogP contribution in [-0.4, -0.2) is 17.4 Å². The molecule has 3 nitrogen and oxygen atoms in total. The van der Waals surface area contributed by atoms with E-state index in [2.05, 4.69) is 12.1 Å². The monoisotopic (exact) mass is 311 g/mol. The summed E-state index contributed by atoms with van der Waals surface area (Å²) in [5.41, 5.74) is 0.856. The topological polar surface area (TPSA) is 31.2 Å². The number of pyridine rings is 1. The van der Waals surface area contributed by atoms with Crippen molar-refractivity contribution in [2.24, 2.45) is 0 Å². The van der Waals surface area contributed by atoms with Gasteiger partial charge in [0.15, 0.2) is 0 Å². The normalized spacial score (nSPS) is 12.4. The lowest BCUT2D eigenvalue weighted by Gasteiger charge is -2.20. The fraction of sp³-hybridized carbons (Fsp3) is 0.167. The predicted octanol–water partition coefficient (Wildman–Crippen LogP) is 3.94. The number of hydrogen-bond donors (Lipinski definition) is 0. The fourth-order valence-electron chi connectivity index (χ4n) is 2.44. The number of hydrogen-bond acceptors (Lipinski definition) is 3. The fourth-order valence-corrected chi connectivity index (χ4v) is 3.41. The molecule has 1 unspecified atom stereocenters. The van der Waals surface area contributed by atoms with Crippen LogP contribution < -0.4 is 5.56 Å². The smallest absolute Gasteiger partial charge is 0.253 e. The second kappa shape index (κ2) is 6.81. The van der Waals surface area contributed by atoms with Crippen molar-refractivity contribution in [3.05, 3.63) is 77.1 Å². The molecule has 112 valence electrons. The van der Waals surface area contributed by atoms with Crippen molar-refractivity contribution in [2.45, 2.75) is 11.1 Å². The summed E-state index contributed by atoms with van der Waals surface area (Å²) in [5.74, 6) is 0.675. The van der Waals surface area contributed by atoms with Crippen molar-refractivity contribution in [3.63, 3.8) is 0 Å². The molecule has 4 heteroatoms. The number of aromatic nitrogens is 1. The van der Waals surface area contributed by atoms with E-state index in [0.29, 0.717) is 5.75 Å². The van der Waals surface area contributed by atoms with Gasteiger partial charge in [0.1, 0.15) is 6.23 Å². The van der Waals surface area contributed by atoms with Gasteiger partial charge in [-0.25, -0.2) is 0 Å². The molecule has 3 aromatic rings. The van der Waals surface area contributed by atoms with Crippen LogP contribution in [0, 0.1) is 0 Å². The van der Waals surface area contributed by atoms with E-state index in [1.54, 1.807) is 29.5 Å². The molecule has 0 spiro atoms. The lowest BCUT2D eigenvalue weighted by atomic mass is 10.2. The molecule has 0 fully saturated rings. The zero-order valence-electron chi connectivity index (χ0n) is 12.3. The molecule has 0 saturated carbocycles. The van der Waals surface area contributed by atoms with Gasteiger partial charge in [-0.15, -0.1) is 11.8 Å². The van der Waals surface area contributed by atoms with E-state index < -0.39 is 0 Å². The van der Waals surface area contributed by atoms with Gasteiger partial charge < -0.3 is 4.74 Å². The lowest BCUT2D eigenvalue weighted by molar-refractivity contribution is 0.0654. The van der Waals surface area contributed by atoms with Crippen LogP contribution in [0.2, 0.25) is 0 Å². The lowest BCUT2D eigenvalue weighted by Crippen LogP contribution is -2.27. The van der Waals surface area contributed by atoms with Crippen molar-refractivity contribution in [3.8, 4) is 0 Å². The second-order valence-corrected chi connectivity index (χ2v) is 6.01. The third-order valence-corrected chi connectivity index (χ3v) is 4.59. The minimum absolute atomic E-state index is 0.0424. The third kappa shape index (κ3) is 3.08. The Labute approximate surface area is 133 Å². The van der Waals surface area contributed by atoms with Crippen LogP contribution in [0.3, 0.4) is 0 Å². The number of nitrogens with zero attached hydrogens (tertiary/aromatic N) is 1. The zero-order chi connectivity index (χ0) is 15.4. The summed E-state index contributed by atoms with van der Waals surface area (Å²) in [6.45, 7) is 0. The first-order valence-electron chi connectivity index (χ1n) is 7.10. The van der Waals surface area contributed by atoms with Crippen LogP contribution in [0.1, 0.15) is 6.23 Å². The first-order valence-corrected chi connectivity index (χ1v) is 8.09. The number of rotatable bonds is 5. The molecule has 3 rings (SSSR count). The molecular weight excluding hydrogens is 294 g/mol. The van der Waals surface area contributed by atoms with E-state index in [1.165, 1.54) is 0 Å². The third-order valence-electron chi connectivity index (χ3n) is 3.54. The summed E-state index contributed by atoms with van der Waals surface area (Å²) in [7, 11) is 1.64. The molecule has 0 aliphatic heterocycles. The molecule has 1 atom stereocenters. The van der Waals surface area contributed by atoms with Crippen molar-refractivity contribution >= 4 is 22.7 Å². The molecule has 0 saturated heterocycles. The zero-order valence-corrected chi connectivity index (χ0v) is 13.1. The standard InChI is InChI=1S/C18H17NO2S/c1-21-18(13-22-15-8-3-2-4-9-15)19-16-10-6-5-7-14(16)11-12-17(19)20/h2-12,18H,13H2,1H3. The molecule has 0 N–H and O–H groups in total. The Morgan fingerprint density at radius 2 is 1.73 bits per heavy atom. The summed E-state index contributed by atoms with van der Waals surface area (Å²) in [4.78, 5) is 13.5. The molecule has 0 amide bonds. The molecule has 2 aromatic carbocycles. The molecular formula is C18H17NO2S. The highest BCUT2D eigenvalue weighted by Crippen LogP contribution is 2.24. The Hall–Kier alpha value is -2.04. The molecule has 0 bridgehead atoms. The van der Waals surface area contributed by atoms with Gasteiger partial charge in [-0.1, -0.05) is 36.4 Å². The average molecular weight is 311 g/mol. The van der Waals surface area contributed by atoms with Crippen LogP contribution >= 0.6 is 11.8 Å². The summed E-state index contributed by atoms with van der Waals surface area (Å²) in [6.07, 6.45) is -0.302. The van der Waals surface area contributed by atoms with Gasteiger partial charge in [-0.2, -0.15) is 0 Å². The number of para-hydroxylation sites is 1. The van der Waals surface area contributed by atoms with Gasteiger partial charge in [-0.05, 0) is 29.7 Å². The van der Waals surface area contributed by atoms with Crippen molar-refractivity contribution in [2.75, 3.05) is 12.9 Å². The second-order valence-electron chi connectivity index (χ2n) is 4.91. The van der Waals surface area contributed by atoms with Crippen LogP contribution in [-0.2, 0) is 4.74 Å². The average Bonchev–Trinajstić information content (AvgIpc) is 2.58. The van der Waals surface area contributed by atoms with E-state index in [1.807, 2.05) is 48.5 Å². The van der Waals surface area contributed by atoms with Gasteiger partial charge in [0, 0.05) is 23.8 Å². The van der Waals surface area contributed by atoms with Crippen LogP contribution in [0.5, 0.6) is 0 Å². The van der Waals surface area contributed by atoms with E-state index in [-0.39, 0.29) is 11.8 Å². The maximum atomic E-state index is 12.3. The SMILES string of the molecule is COC(CSc1ccccc1)n1c(=O)ccc2ccccc21. The number of ether oxygens (including phenoxy) is 1. The Morgan fingerprint density at radius 1 is 1.00 bits per heavy atom. The first-order chi connectivity index (χ1) is 10.8. The van der Waals surface area contributed by atoms with Crippen molar-refractivity contribution in [1.29, 1.82) is 0 Å². The summed E-state index contributed by atoms with van der Waals surface area (Å²) < 4.78 is 7.32. The highest BCUT2D eigenvalue weighted by atomic mass is 32.2. The maximum Gasteiger partial charge on any atom is 0.253 e. The molecule has 0 aliphatic carbocycles. The van der Waals surface area contributed by atoms with Crippen LogP contribution in [0.15, 0.2) is 76.4 Å². The maximum absolute atomic E-state index is 12.3. The number of benzene rings is 2. The minimum atomic E-state index is -0.302. The van der Waals surface area contributed by atoms with Crippen molar-refractivity contribution < 1.29 is 4.74 Å². The van der Waals surface area contributed by atoms with Gasteiger partial charge >= 0.3 is 0 Å². The molecule has 0 radical (unpaired) electrons. The Balaban J connectivity index is 1.93. The predicted molar refractivity (Wildman–Crippen MR) is 91.4 cm³/mol. The number of thioether (sulfide) groups is 1. The largest absolute Gasteiger partial charge is 0.360 e. The van der Waals surface area contributed by atoms with E-state index in [4.69, 9.17) is 4.74 Å². The van der Waals surface area contributed by atoms with Crippen molar-refractivity contribution in [1.82, 2.24) is 4.57 Å². The highest BCUT2D eigenvalue weighted by molar-refractivity contribution is 7.99. The van der Waals surface area contributed by atoms with E-state index in [9.17, 15) is 4.79 Å². The number of methoxy groups -OCH3 is 1. The molecule has 1 aromatic heterocycles.